The van der Waals surface area contributed by atoms with Crippen molar-refractivity contribution < 1.29 is 4.79 Å². The molecule has 78 valence electrons. The van der Waals surface area contributed by atoms with Gasteiger partial charge in [0.1, 0.15) is 0 Å². The van der Waals surface area contributed by atoms with Crippen molar-refractivity contribution in [1.82, 2.24) is 4.98 Å². The van der Waals surface area contributed by atoms with Crippen LogP contribution in [0.1, 0.15) is 16.1 Å². The standard InChI is InChI=1S/C12H8N2OS/c1-8-6-10(12(15)13-7-16)9-4-2-3-5-11(9)14-8/h2-6H,1H3. The zero-order valence-electron chi connectivity index (χ0n) is 8.60. The molecular formula is C12H8N2OS. The number of isothiocyanates is 1. The first kappa shape index (κ1) is 10.6. The molecule has 2 rings (SSSR count). The summed E-state index contributed by atoms with van der Waals surface area (Å²) in [7, 11) is 0. The molecule has 0 bridgehead atoms. The minimum absolute atomic E-state index is 0.378. The second kappa shape index (κ2) is 4.31. The highest BCUT2D eigenvalue weighted by Gasteiger charge is 2.10. The Morgan fingerprint density at radius 1 is 1.44 bits per heavy atom. The van der Waals surface area contributed by atoms with E-state index >= 15 is 0 Å². The smallest absolute Gasteiger partial charge is 0.266 e. The lowest BCUT2D eigenvalue weighted by molar-refractivity contribution is 0.100. The first-order valence-corrected chi connectivity index (χ1v) is 5.12. The van der Waals surface area contributed by atoms with E-state index < -0.39 is 0 Å². The molecule has 0 atom stereocenters. The van der Waals surface area contributed by atoms with E-state index in [4.69, 9.17) is 0 Å². The summed E-state index contributed by atoms with van der Waals surface area (Å²) in [5.41, 5.74) is 2.08. The fourth-order valence-corrected chi connectivity index (χ4v) is 1.67. The Morgan fingerprint density at radius 3 is 2.94 bits per heavy atom. The molecule has 0 aliphatic rings. The third kappa shape index (κ3) is 1.89. The summed E-state index contributed by atoms with van der Waals surface area (Å²) in [6, 6.07) is 9.15. The van der Waals surface area contributed by atoms with E-state index in [0.29, 0.717) is 5.56 Å². The van der Waals surface area contributed by atoms with Gasteiger partial charge in [0.05, 0.1) is 16.2 Å². The maximum atomic E-state index is 11.7. The normalized spacial score (nSPS) is 9.81. The number of benzene rings is 1. The van der Waals surface area contributed by atoms with Gasteiger partial charge < -0.3 is 0 Å². The van der Waals surface area contributed by atoms with Gasteiger partial charge in [-0.2, -0.15) is 4.99 Å². The lowest BCUT2D eigenvalue weighted by atomic mass is 10.1. The Morgan fingerprint density at radius 2 is 2.19 bits per heavy atom. The molecule has 1 aromatic heterocycles. The molecule has 16 heavy (non-hydrogen) atoms. The van der Waals surface area contributed by atoms with E-state index in [1.807, 2.05) is 31.2 Å². The fraction of sp³-hybridized carbons (Fsp3) is 0.0833. The molecule has 1 aromatic carbocycles. The first-order valence-electron chi connectivity index (χ1n) is 4.71. The second-order valence-corrected chi connectivity index (χ2v) is 3.52. The van der Waals surface area contributed by atoms with E-state index in [1.54, 1.807) is 6.07 Å². The molecule has 0 aliphatic heterocycles. The van der Waals surface area contributed by atoms with Crippen LogP contribution in [0.15, 0.2) is 35.3 Å². The Kier molecular flexibility index (Phi) is 2.86. The lowest BCUT2D eigenvalue weighted by Crippen LogP contribution is -1.98. The van der Waals surface area contributed by atoms with E-state index in [-0.39, 0.29) is 5.91 Å². The third-order valence-corrected chi connectivity index (χ3v) is 2.31. The van der Waals surface area contributed by atoms with Gasteiger partial charge in [0, 0.05) is 11.1 Å². The molecule has 1 amide bonds. The number of nitrogens with zero attached hydrogens (tertiary/aromatic N) is 2. The van der Waals surface area contributed by atoms with Gasteiger partial charge in [-0.15, -0.1) is 0 Å². The highest BCUT2D eigenvalue weighted by Crippen LogP contribution is 2.18. The van der Waals surface area contributed by atoms with Crippen molar-refractivity contribution >= 4 is 34.2 Å². The van der Waals surface area contributed by atoms with Crippen molar-refractivity contribution in [2.75, 3.05) is 0 Å². The largest absolute Gasteiger partial charge is 0.286 e. The second-order valence-electron chi connectivity index (χ2n) is 3.34. The van der Waals surface area contributed by atoms with Gasteiger partial charge in [-0.1, -0.05) is 18.2 Å². The van der Waals surface area contributed by atoms with Crippen LogP contribution in [0, 0.1) is 6.92 Å². The Labute approximate surface area is 97.8 Å². The molecule has 0 saturated heterocycles. The minimum atomic E-state index is -0.378. The van der Waals surface area contributed by atoms with Crippen molar-refractivity contribution in [3.63, 3.8) is 0 Å². The number of aromatic nitrogens is 1. The molecule has 0 N–H and O–H groups in total. The molecule has 3 nitrogen and oxygen atoms in total. The van der Waals surface area contributed by atoms with Crippen LogP contribution >= 0.6 is 12.2 Å². The maximum absolute atomic E-state index is 11.7. The third-order valence-electron chi connectivity index (χ3n) is 2.22. The van der Waals surface area contributed by atoms with Gasteiger partial charge in [-0.25, -0.2) is 0 Å². The highest BCUT2D eigenvalue weighted by molar-refractivity contribution is 7.78. The number of para-hydroxylation sites is 1. The predicted molar refractivity (Wildman–Crippen MR) is 65.8 cm³/mol. The van der Waals surface area contributed by atoms with Crippen molar-refractivity contribution in [1.29, 1.82) is 0 Å². The Balaban J connectivity index is 2.77. The van der Waals surface area contributed by atoms with Gasteiger partial charge in [-0.3, -0.25) is 9.78 Å². The molecule has 0 unspecified atom stereocenters. The van der Waals surface area contributed by atoms with Crippen LogP contribution in [-0.2, 0) is 0 Å². The maximum Gasteiger partial charge on any atom is 0.286 e. The zero-order valence-corrected chi connectivity index (χ0v) is 9.41. The summed E-state index contributed by atoms with van der Waals surface area (Å²) in [5, 5.41) is 2.87. The minimum Gasteiger partial charge on any atom is -0.266 e. The van der Waals surface area contributed by atoms with Crippen molar-refractivity contribution in [3.05, 3.63) is 41.6 Å². The van der Waals surface area contributed by atoms with Crippen molar-refractivity contribution in [2.24, 2.45) is 4.99 Å². The van der Waals surface area contributed by atoms with Gasteiger partial charge >= 0.3 is 0 Å². The number of thiocarbonyl (C=S) groups is 1. The molecule has 0 aliphatic carbocycles. The number of rotatable bonds is 1. The van der Waals surface area contributed by atoms with Gasteiger partial charge in [0.25, 0.3) is 5.91 Å². The number of aryl methyl sites for hydroxylation is 1. The number of carbonyl (C=O) groups excluding carboxylic acids is 1. The van der Waals surface area contributed by atoms with Crippen LogP contribution in [0.3, 0.4) is 0 Å². The summed E-state index contributed by atoms with van der Waals surface area (Å²) in [6.07, 6.45) is 0. The topological polar surface area (TPSA) is 42.3 Å². The zero-order chi connectivity index (χ0) is 11.5. The van der Waals surface area contributed by atoms with Crippen LogP contribution in [-0.4, -0.2) is 16.1 Å². The van der Waals surface area contributed by atoms with Crippen LogP contribution in [0.2, 0.25) is 0 Å². The van der Waals surface area contributed by atoms with Gasteiger partial charge in [0.2, 0.25) is 0 Å². The van der Waals surface area contributed by atoms with Crippen molar-refractivity contribution in [2.45, 2.75) is 6.92 Å². The van der Waals surface area contributed by atoms with Crippen LogP contribution in [0.25, 0.3) is 10.9 Å². The van der Waals surface area contributed by atoms with E-state index in [9.17, 15) is 4.79 Å². The van der Waals surface area contributed by atoms with Crippen LogP contribution in [0.5, 0.6) is 0 Å². The molecule has 0 fully saturated rings. The lowest BCUT2D eigenvalue weighted by Gasteiger charge is -2.03. The predicted octanol–water partition coefficient (Wildman–Crippen LogP) is 2.79. The van der Waals surface area contributed by atoms with Crippen LogP contribution in [0.4, 0.5) is 0 Å². The van der Waals surface area contributed by atoms with Gasteiger partial charge in [-0.05, 0) is 31.3 Å². The summed E-state index contributed by atoms with van der Waals surface area (Å²) in [6.45, 7) is 1.84. The van der Waals surface area contributed by atoms with E-state index in [2.05, 4.69) is 27.4 Å². The number of pyridine rings is 1. The monoisotopic (exact) mass is 228 g/mol. The van der Waals surface area contributed by atoms with Gasteiger partial charge in [0.15, 0.2) is 0 Å². The average Bonchev–Trinajstić information content (AvgIpc) is 2.28. The number of hydrogen-bond donors (Lipinski definition) is 0. The average molecular weight is 228 g/mol. The summed E-state index contributed by atoms with van der Waals surface area (Å²) in [4.78, 5) is 19.5. The van der Waals surface area contributed by atoms with Crippen molar-refractivity contribution in [3.8, 4) is 0 Å². The summed E-state index contributed by atoms with van der Waals surface area (Å²) < 4.78 is 0. The molecule has 1 heterocycles. The SMILES string of the molecule is Cc1cc(C(=O)N=C=S)c2ccccc2n1. The first-order chi connectivity index (χ1) is 7.72. The van der Waals surface area contributed by atoms with E-state index in [1.165, 1.54) is 0 Å². The summed E-state index contributed by atoms with van der Waals surface area (Å²) in [5.74, 6) is -0.378. The molecule has 2 aromatic rings. The Hall–Kier alpha value is -1.90. The summed E-state index contributed by atoms with van der Waals surface area (Å²) >= 11 is 4.43. The number of aliphatic imine (C=N–C) groups is 1. The molecule has 0 saturated carbocycles. The number of amides is 1. The number of hydrogen-bond acceptors (Lipinski definition) is 3. The number of carbonyl (C=O) groups is 1. The molecule has 0 spiro atoms. The fourth-order valence-electron chi connectivity index (χ4n) is 1.59. The molecular weight excluding hydrogens is 220 g/mol. The Bertz CT molecular complexity index is 615. The molecule has 4 heteroatoms. The highest BCUT2D eigenvalue weighted by atomic mass is 32.1. The van der Waals surface area contributed by atoms with Crippen LogP contribution < -0.4 is 0 Å². The molecule has 0 radical (unpaired) electrons. The quantitative estimate of drug-likeness (QED) is 0.556. The van der Waals surface area contributed by atoms with E-state index in [0.717, 1.165) is 16.6 Å². The number of fused-ring (bicyclic) bond motifs is 1.